The minimum Gasteiger partial charge on any atom is -0.463 e. The molecule has 0 radical (unpaired) electrons. The minimum atomic E-state index is -3.12. The van der Waals surface area contributed by atoms with Gasteiger partial charge in [-0.2, -0.15) is 5.10 Å². The summed E-state index contributed by atoms with van der Waals surface area (Å²) in [5.74, 6) is -0.0392. The molecule has 2 N–H and O–H groups in total. The van der Waals surface area contributed by atoms with Gasteiger partial charge < -0.3 is 15.1 Å². The highest BCUT2D eigenvalue weighted by atomic mass is 32.2. The first kappa shape index (κ1) is 19.9. The molecule has 0 spiro atoms. The molecule has 1 atom stereocenters. The van der Waals surface area contributed by atoms with Gasteiger partial charge in [-0.3, -0.25) is 14.3 Å². The summed E-state index contributed by atoms with van der Waals surface area (Å²) < 4.78 is 30.9. The lowest BCUT2D eigenvalue weighted by atomic mass is 10.2. The number of amides is 2. The van der Waals surface area contributed by atoms with E-state index in [9.17, 15) is 18.0 Å². The second-order valence-corrected chi connectivity index (χ2v) is 9.33. The molecule has 1 aliphatic heterocycles. The third kappa shape index (κ3) is 4.28. The minimum absolute atomic E-state index is 0.0198. The van der Waals surface area contributed by atoms with Crippen molar-refractivity contribution in [2.75, 3.05) is 22.1 Å². The van der Waals surface area contributed by atoms with Crippen LogP contribution in [0.15, 0.2) is 53.1 Å². The van der Waals surface area contributed by atoms with E-state index in [0.717, 1.165) is 0 Å². The van der Waals surface area contributed by atoms with Crippen molar-refractivity contribution in [1.82, 2.24) is 9.78 Å². The Hall–Kier alpha value is -3.40. The number of hydrogen-bond donors (Lipinski definition) is 2. The average molecular weight is 428 g/mol. The summed E-state index contributed by atoms with van der Waals surface area (Å²) >= 11 is 0. The van der Waals surface area contributed by atoms with E-state index in [1.54, 1.807) is 47.1 Å². The quantitative estimate of drug-likeness (QED) is 0.644. The van der Waals surface area contributed by atoms with Crippen LogP contribution in [0.2, 0.25) is 0 Å². The molecule has 2 aromatic heterocycles. The Labute approximate surface area is 173 Å². The van der Waals surface area contributed by atoms with Crippen molar-refractivity contribution in [1.29, 1.82) is 0 Å². The van der Waals surface area contributed by atoms with Gasteiger partial charge in [0.15, 0.2) is 21.3 Å². The summed E-state index contributed by atoms with van der Waals surface area (Å²) in [4.78, 5) is 23.9. The summed E-state index contributed by atoms with van der Waals surface area (Å²) in [6, 6.07) is 11.4. The fourth-order valence-corrected chi connectivity index (χ4v) is 5.09. The highest BCUT2D eigenvalue weighted by Gasteiger charge is 2.32. The molecule has 3 heterocycles. The maximum atomic E-state index is 12.7. The van der Waals surface area contributed by atoms with Crippen LogP contribution in [0.1, 0.15) is 29.9 Å². The molecule has 1 aromatic carbocycles. The van der Waals surface area contributed by atoms with Crippen molar-refractivity contribution in [2.24, 2.45) is 0 Å². The molecule has 9 nitrogen and oxygen atoms in total. The number of carbonyl (C=O) groups excluding carboxylic acids is 2. The van der Waals surface area contributed by atoms with Crippen LogP contribution in [0.3, 0.4) is 0 Å². The molecule has 10 heteroatoms. The third-order valence-corrected chi connectivity index (χ3v) is 6.51. The van der Waals surface area contributed by atoms with E-state index in [-0.39, 0.29) is 29.1 Å². The molecule has 156 valence electrons. The Morgan fingerprint density at radius 1 is 1.13 bits per heavy atom. The molecule has 0 aliphatic carbocycles. The van der Waals surface area contributed by atoms with Gasteiger partial charge >= 0.3 is 0 Å². The van der Waals surface area contributed by atoms with Crippen molar-refractivity contribution < 1.29 is 22.4 Å². The average Bonchev–Trinajstić information content (AvgIpc) is 3.41. The molecular weight excluding hydrogens is 408 g/mol. The van der Waals surface area contributed by atoms with Crippen molar-refractivity contribution in [3.05, 3.63) is 54.4 Å². The highest BCUT2D eigenvalue weighted by molar-refractivity contribution is 7.91. The van der Waals surface area contributed by atoms with Crippen LogP contribution in [0.5, 0.6) is 0 Å². The number of carbonyl (C=O) groups is 2. The number of rotatable bonds is 5. The highest BCUT2D eigenvalue weighted by Crippen LogP contribution is 2.30. The lowest BCUT2D eigenvalue weighted by Gasteiger charge is -2.11. The van der Waals surface area contributed by atoms with Crippen molar-refractivity contribution in [2.45, 2.75) is 19.4 Å². The summed E-state index contributed by atoms with van der Waals surface area (Å²) in [6.45, 7) is 1.41. The standard InChI is InChI=1S/C20H20N4O5S/c1-13(25)21-14-4-6-15(7-5-14)22-20(26)17-11-18(19-3-2-9-29-19)24(23-17)16-8-10-30(27,28)12-16/h2-7,9,11,16H,8,10,12H2,1H3,(H,21,25)(H,22,26). The predicted octanol–water partition coefficient (Wildman–Crippen LogP) is 2.71. The van der Waals surface area contributed by atoms with E-state index < -0.39 is 15.7 Å². The van der Waals surface area contributed by atoms with Gasteiger partial charge in [-0.15, -0.1) is 0 Å². The monoisotopic (exact) mass is 428 g/mol. The zero-order valence-corrected chi connectivity index (χ0v) is 17.0. The van der Waals surface area contributed by atoms with Gasteiger partial charge in [-0.05, 0) is 42.8 Å². The van der Waals surface area contributed by atoms with E-state index in [4.69, 9.17) is 4.42 Å². The molecule has 1 unspecified atom stereocenters. The van der Waals surface area contributed by atoms with E-state index in [1.165, 1.54) is 13.2 Å². The summed E-state index contributed by atoms with van der Waals surface area (Å²) in [7, 11) is -3.12. The first-order chi connectivity index (χ1) is 14.3. The van der Waals surface area contributed by atoms with Crippen molar-refractivity contribution >= 4 is 33.0 Å². The normalized spacial score (nSPS) is 17.6. The van der Waals surface area contributed by atoms with Gasteiger partial charge in [-0.1, -0.05) is 0 Å². The maximum absolute atomic E-state index is 12.7. The lowest BCUT2D eigenvalue weighted by molar-refractivity contribution is -0.114. The number of anilines is 2. The van der Waals surface area contributed by atoms with Crippen LogP contribution in [-0.4, -0.2) is 41.5 Å². The zero-order valence-electron chi connectivity index (χ0n) is 16.2. The number of aromatic nitrogens is 2. The van der Waals surface area contributed by atoms with Crippen LogP contribution < -0.4 is 10.6 Å². The van der Waals surface area contributed by atoms with Gasteiger partial charge in [-0.25, -0.2) is 8.42 Å². The van der Waals surface area contributed by atoms with E-state index in [1.807, 2.05) is 0 Å². The van der Waals surface area contributed by atoms with Crippen LogP contribution in [0, 0.1) is 0 Å². The molecular formula is C20H20N4O5S. The van der Waals surface area contributed by atoms with Gasteiger partial charge in [0.1, 0.15) is 5.69 Å². The molecule has 3 aromatic rings. The topological polar surface area (TPSA) is 123 Å². The number of furan rings is 1. The van der Waals surface area contributed by atoms with Crippen molar-refractivity contribution in [3.8, 4) is 11.5 Å². The molecule has 1 fully saturated rings. The van der Waals surface area contributed by atoms with Gasteiger partial charge in [0.25, 0.3) is 5.91 Å². The van der Waals surface area contributed by atoms with Gasteiger partial charge in [0, 0.05) is 24.4 Å². The van der Waals surface area contributed by atoms with Crippen LogP contribution in [0.25, 0.3) is 11.5 Å². The van der Waals surface area contributed by atoms with Gasteiger partial charge in [0.05, 0.1) is 23.8 Å². The molecule has 4 rings (SSSR count). The molecule has 0 saturated carbocycles. The number of hydrogen-bond acceptors (Lipinski definition) is 6. The summed E-state index contributed by atoms with van der Waals surface area (Å²) in [6.07, 6.45) is 1.94. The molecule has 30 heavy (non-hydrogen) atoms. The summed E-state index contributed by atoms with van der Waals surface area (Å²) in [5.41, 5.74) is 1.85. The van der Waals surface area contributed by atoms with Gasteiger partial charge in [0.2, 0.25) is 5.91 Å². The Morgan fingerprint density at radius 3 is 2.40 bits per heavy atom. The molecule has 1 aliphatic rings. The molecule has 2 amide bonds. The first-order valence-electron chi connectivity index (χ1n) is 9.33. The largest absolute Gasteiger partial charge is 0.463 e. The Bertz CT molecular complexity index is 1180. The van der Waals surface area contributed by atoms with Crippen molar-refractivity contribution in [3.63, 3.8) is 0 Å². The second kappa shape index (κ2) is 7.79. The number of nitrogens with zero attached hydrogens (tertiary/aromatic N) is 2. The maximum Gasteiger partial charge on any atom is 0.276 e. The number of benzene rings is 1. The second-order valence-electron chi connectivity index (χ2n) is 7.11. The fourth-order valence-electron chi connectivity index (χ4n) is 3.40. The third-order valence-electron chi connectivity index (χ3n) is 4.76. The van der Waals surface area contributed by atoms with Crippen LogP contribution in [0.4, 0.5) is 11.4 Å². The summed E-state index contributed by atoms with van der Waals surface area (Å²) in [5, 5.41) is 9.80. The molecule has 1 saturated heterocycles. The Morgan fingerprint density at radius 2 is 1.83 bits per heavy atom. The number of nitrogens with one attached hydrogen (secondary N) is 2. The lowest BCUT2D eigenvalue weighted by Crippen LogP contribution is -2.16. The molecule has 0 bridgehead atoms. The van der Waals surface area contributed by atoms with Crippen LogP contribution in [-0.2, 0) is 14.6 Å². The zero-order chi connectivity index (χ0) is 21.3. The Kier molecular flexibility index (Phi) is 5.17. The van der Waals surface area contributed by atoms with E-state index in [0.29, 0.717) is 29.2 Å². The number of sulfone groups is 1. The predicted molar refractivity (Wildman–Crippen MR) is 111 cm³/mol. The SMILES string of the molecule is CC(=O)Nc1ccc(NC(=O)c2cc(-c3ccco3)n(C3CCS(=O)(=O)C3)n2)cc1. The smallest absolute Gasteiger partial charge is 0.276 e. The fraction of sp³-hybridized carbons (Fsp3) is 0.250. The van der Waals surface area contributed by atoms with E-state index in [2.05, 4.69) is 15.7 Å². The Balaban J connectivity index is 1.58. The first-order valence-corrected chi connectivity index (χ1v) is 11.2. The van der Waals surface area contributed by atoms with E-state index >= 15 is 0 Å². The van der Waals surface area contributed by atoms with Crippen LogP contribution >= 0.6 is 0 Å².